The number of hydrogen-bond acceptors (Lipinski definition) is 3. The molecule has 0 saturated heterocycles. The lowest BCUT2D eigenvalue weighted by molar-refractivity contribution is -0.119. The fourth-order valence-electron chi connectivity index (χ4n) is 2.70. The summed E-state index contributed by atoms with van der Waals surface area (Å²) in [6.07, 6.45) is 1.82. The number of sulfonamides is 1. The summed E-state index contributed by atoms with van der Waals surface area (Å²) < 4.78 is 27.6. The number of unbranched alkanes of at least 4 members (excludes halogenated alkanes) is 1. The highest BCUT2D eigenvalue weighted by molar-refractivity contribution is 7.92. The molecule has 0 aliphatic carbocycles. The molecule has 0 fully saturated rings. The van der Waals surface area contributed by atoms with Crippen molar-refractivity contribution in [2.75, 3.05) is 17.4 Å². The summed E-state index contributed by atoms with van der Waals surface area (Å²) in [5, 5.41) is 2.79. The maximum Gasteiger partial charge on any atom is 0.264 e. The molecule has 0 atom stereocenters. The van der Waals surface area contributed by atoms with E-state index in [2.05, 4.69) is 5.32 Å². The predicted octanol–water partition coefficient (Wildman–Crippen LogP) is 3.42. The van der Waals surface area contributed by atoms with E-state index in [0.717, 1.165) is 24.0 Å². The second-order valence-corrected chi connectivity index (χ2v) is 8.18. The molecule has 26 heavy (non-hydrogen) atoms. The van der Waals surface area contributed by atoms with Crippen LogP contribution in [0.4, 0.5) is 5.69 Å². The van der Waals surface area contributed by atoms with Crippen LogP contribution in [0.5, 0.6) is 0 Å². The van der Waals surface area contributed by atoms with Gasteiger partial charge in [0, 0.05) is 6.54 Å². The fourth-order valence-corrected chi connectivity index (χ4v) is 4.20. The van der Waals surface area contributed by atoms with Crippen LogP contribution in [0.3, 0.4) is 0 Å². The highest BCUT2D eigenvalue weighted by atomic mass is 32.2. The highest BCUT2D eigenvalue weighted by Crippen LogP contribution is 2.27. The number of carbonyl (C=O) groups is 1. The average molecular weight is 375 g/mol. The monoisotopic (exact) mass is 374 g/mol. The normalized spacial score (nSPS) is 11.2. The molecule has 0 unspecified atom stereocenters. The van der Waals surface area contributed by atoms with E-state index in [9.17, 15) is 13.2 Å². The van der Waals surface area contributed by atoms with Gasteiger partial charge in [-0.1, -0.05) is 49.2 Å². The first-order valence-electron chi connectivity index (χ1n) is 8.78. The molecular weight excluding hydrogens is 348 g/mol. The number of amides is 1. The van der Waals surface area contributed by atoms with Gasteiger partial charge in [0.1, 0.15) is 6.54 Å². The summed E-state index contributed by atoms with van der Waals surface area (Å²) >= 11 is 0. The molecule has 0 bridgehead atoms. The summed E-state index contributed by atoms with van der Waals surface area (Å²) in [5.41, 5.74) is 2.37. The number of benzene rings is 2. The van der Waals surface area contributed by atoms with Crippen molar-refractivity contribution in [3.63, 3.8) is 0 Å². The molecule has 140 valence electrons. The van der Waals surface area contributed by atoms with E-state index in [-0.39, 0.29) is 17.3 Å². The Morgan fingerprint density at radius 2 is 1.77 bits per heavy atom. The summed E-state index contributed by atoms with van der Waals surface area (Å²) in [6.45, 7) is 6.13. The second kappa shape index (κ2) is 8.85. The lowest BCUT2D eigenvalue weighted by Crippen LogP contribution is -2.41. The topological polar surface area (TPSA) is 66.5 Å². The standard InChI is InChI=1S/C20H26N2O3S/c1-4-5-13-21-20(23)15-22(19-12-11-16(2)14-17(19)3)26(24,25)18-9-7-6-8-10-18/h6-12,14H,4-5,13,15H2,1-3H3,(H,21,23). The summed E-state index contributed by atoms with van der Waals surface area (Å²) in [4.78, 5) is 12.5. The molecule has 5 nitrogen and oxygen atoms in total. The lowest BCUT2D eigenvalue weighted by atomic mass is 10.1. The van der Waals surface area contributed by atoms with Gasteiger partial charge in [-0.2, -0.15) is 0 Å². The van der Waals surface area contributed by atoms with E-state index < -0.39 is 10.0 Å². The van der Waals surface area contributed by atoms with Crippen LogP contribution in [0.25, 0.3) is 0 Å². The van der Waals surface area contributed by atoms with Crippen molar-refractivity contribution >= 4 is 21.6 Å². The Balaban J connectivity index is 2.40. The number of nitrogens with one attached hydrogen (secondary N) is 1. The molecular formula is C20H26N2O3S. The highest BCUT2D eigenvalue weighted by Gasteiger charge is 2.28. The smallest absolute Gasteiger partial charge is 0.264 e. The third-order valence-electron chi connectivity index (χ3n) is 4.09. The van der Waals surface area contributed by atoms with Crippen LogP contribution >= 0.6 is 0 Å². The number of rotatable bonds is 8. The first-order valence-corrected chi connectivity index (χ1v) is 10.2. The zero-order chi connectivity index (χ0) is 19.2. The van der Waals surface area contributed by atoms with Gasteiger partial charge in [0.25, 0.3) is 10.0 Å². The van der Waals surface area contributed by atoms with Crippen molar-refractivity contribution in [3.8, 4) is 0 Å². The molecule has 0 aliphatic heterocycles. The molecule has 1 N–H and O–H groups in total. The summed E-state index contributed by atoms with van der Waals surface area (Å²) in [6, 6.07) is 13.7. The van der Waals surface area contributed by atoms with E-state index in [1.54, 1.807) is 36.4 Å². The molecule has 2 aromatic carbocycles. The zero-order valence-corrected chi connectivity index (χ0v) is 16.3. The number of nitrogens with zero attached hydrogens (tertiary/aromatic N) is 1. The molecule has 2 rings (SSSR count). The predicted molar refractivity (Wildman–Crippen MR) is 105 cm³/mol. The van der Waals surface area contributed by atoms with Gasteiger partial charge in [-0.15, -0.1) is 0 Å². The molecule has 1 amide bonds. The van der Waals surface area contributed by atoms with Gasteiger partial charge in [0.15, 0.2) is 0 Å². The van der Waals surface area contributed by atoms with Crippen LogP contribution in [0.15, 0.2) is 53.4 Å². The maximum absolute atomic E-state index is 13.2. The molecule has 0 radical (unpaired) electrons. The first kappa shape index (κ1) is 20.0. The Hall–Kier alpha value is -2.34. The van der Waals surface area contributed by atoms with Crippen LogP contribution in [0.2, 0.25) is 0 Å². The summed E-state index contributed by atoms with van der Waals surface area (Å²) in [5.74, 6) is -0.307. The molecule has 0 aromatic heterocycles. The Kier molecular flexibility index (Phi) is 6.80. The number of carbonyl (C=O) groups excluding carboxylic acids is 1. The minimum absolute atomic E-state index is 0.168. The van der Waals surface area contributed by atoms with Gasteiger partial charge >= 0.3 is 0 Å². The SMILES string of the molecule is CCCCNC(=O)CN(c1ccc(C)cc1C)S(=O)(=O)c1ccccc1. The number of anilines is 1. The van der Waals surface area contributed by atoms with Crippen molar-refractivity contribution in [3.05, 3.63) is 59.7 Å². The van der Waals surface area contributed by atoms with E-state index in [1.165, 1.54) is 4.31 Å². The van der Waals surface area contributed by atoms with Crippen LogP contribution in [0, 0.1) is 13.8 Å². The van der Waals surface area contributed by atoms with E-state index in [4.69, 9.17) is 0 Å². The van der Waals surface area contributed by atoms with Crippen LogP contribution in [-0.4, -0.2) is 27.4 Å². The minimum Gasteiger partial charge on any atom is -0.355 e. The van der Waals surface area contributed by atoms with Gasteiger partial charge in [0.05, 0.1) is 10.6 Å². The lowest BCUT2D eigenvalue weighted by Gasteiger charge is -2.26. The van der Waals surface area contributed by atoms with E-state index in [1.807, 2.05) is 32.9 Å². The largest absolute Gasteiger partial charge is 0.355 e. The van der Waals surface area contributed by atoms with Crippen molar-refractivity contribution < 1.29 is 13.2 Å². The Morgan fingerprint density at radius 3 is 2.38 bits per heavy atom. The summed E-state index contributed by atoms with van der Waals surface area (Å²) in [7, 11) is -3.84. The van der Waals surface area contributed by atoms with Crippen molar-refractivity contribution in [2.24, 2.45) is 0 Å². The van der Waals surface area contributed by atoms with Crippen molar-refractivity contribution in [1.29, 1.82) is 0 Å². The van der Waals surface area contributed by atoms with Gasteiger partial charge in [-0.05, 0) is 44.0 Å². The van der Waals surface area contributed by atoms with E-state index >= 15 is 0 Å². The number of aryl methyl sites for hydroxylation is 2. The van der Waals surface area contributed by atoms with Gasteiger partial charge in [0.2, 0.25) is 5.91 Å². The quantitative estimate of drug-likeness (QED) is 0.720. The van der Waals surface area contributed by atoms with E-state index in [0.29, 0.717) is 12.2 Å². The average Bonchev–Trinajstić information content (AvgIpc) is 2.61. The van der Waals surface area contributed by atoms with Crippen LogP contribution < -0.4 is 9.62 Å². The Morgan fingerprint density at radius 1 is 1.08 bits per heavy atom. The Labute approximate surface area is 156 Å². The van der Waals surface area contributed by atoms with Gasteiger partial charge in [-0.3, -0.25) is 9.10 Å². The van der Waals surface area contributed by atoms with Crippen molar-refractivity contribution in [2.45, 2.75) is 38.5 Å². The first-order chi connectivity index (χ1) is 12.4. The Bertz CT molecular complexity index is 849. The second-order valence-electron chi connectivity index (χ2n) is 6.32. The molecule has 0 spiro atoms. The van der Waals surface area contributed by atoms with Crippen LogP contribution in [-0.2, 0) is 14.8 Å². The molecule has 6 heteroatoms. The van der Waals surface area contributed by atoms with Gasteiger partial charge in [-0.25, -0.2) is 8.42 Å². The van der Waals surface area contributed by atoms with Crippen LogP contribution in [0.1, 0.15) is 30.9 Å². The third-order valence-corrected chi connectivity index (χ3v) is 5.87. The molecule has 2 aromatic rings. The molecule has 0 saturated carbocycles. The minimum atomic E-state index is -3.84. The van der Waals surface area contributed by atoms with Crippen molar-refractivity contribution in [1.82, 2.24) is 5.32 Å². The fraction of sp³-hybridized carbons (Fsp3) is 0.350. The third kappa shape index (κ3) is 4.85. The van der Waals surface area contributed by atoms with Gasteiger partial charge < -0.3 is 5.32 Å². The molecule has 0 heterocycles. The zero-order valence-electron chi connectivity index (χ0n) is 15.5. The number of hydrogen-bond donors (Lipinski definition) is 1. The molecule has 0 aliphatic rings. The maximum atomic E-state index is 13.2.